The van der Waals surface area contributed by atoms with E-state index >= 15 is 0 Å². The summed E-state index contributed by atoms with van der Waals surface area (Å²) in [4.78, 5) is 22.6. The van der Waals surface area contributed by atoms with Crippen molar-refractivity contribution in [3.05, 3.63) is 54.1 Å². The maximum absolute atomic E-state index is 12.2. The molecule has 1 aliphatic heterocycles. The van der Waals surface area contributed by atoms with E-state index in [2.05, 4.69) is 25.5 Å². The number of hydrogen-bond acceptors (Lipinski definition) is 6. The molecule has 1 saturated heterocycles. The first-order valence-corrected chi connectivity index (χ1v) is 8.39. The maximum Gasteiger partial charge on any atom is 0.319 e. The summed E-state index contributed by atoms with van der Waals surface area (Å²) >= 11 is 0. The van der Waals surface area contributed by atoms with Crippen LogP contribution in [-0.2, 0) is 4.74 Å². The molecule has 3 rings (SSSR count). The van der Waals surface area contributed by atoms with E-state index in [1.165, 1.54) is 6.20 Å². The van der Waals surface area contributed by atoms with Crippen LogP contribution in [0.3, 0.4) is 0 Å². The largest absolute Gasteiger partial charge is 0.379 e. The first kappa shape index (κ1) is 17.8. The third kappa shape index (κ3) is 4.75. The van der Waals surface area contributed by atoms with Gasteiger partial charge in [-0.2, -0.15) is 5.26 Å². The molecule has 134 valence electrons. The van der Waals surface area contributed by atoms with E-state index in [4.69, 9.17) is 10.00 Å². The molecule has 2 aromatic rings. The summed E-state index contributed by atoms with van der Waals surface area (Å²) in [5, 5.41) is 14.4. The molecule has 1 aliphatic rings. The Morgan fingerprint density at radius 3 is 2.81 bits per heavy atom. The molecule has 26 heavy (non-hydrogen) atoms. The molecule has 0 aliphatic carbocycles. The number of carbonyl (C=O) groups is 1. The van der Waals surface area contributed by atoms with Gasteiger partial charge >= 0.3 is 6.03 Å². The average Bonchev–Trinajstić information content (AvgIpc) is 2.70. The summed E-state index contributed by atoms with van der Waals surface area (Å²) in [7, 11) is 0. The average molecular weight is 352 g/mol. The Morgan fingerprint density at radius 2 is 2.15 bits per heavy atom. The molecular formula is C18H20N6O2. The predicted octanol–water partition coefficient (Wildman–Crippen LogP) is 1.54. The summed E-state index contributed by atoms with van der Waals surface area (Å²) < 4.78 is 5.42. The molecule has 1 fully saturated rings. The van der Waals surface area contributed by atoms with Crippen LogP contribution < -0.4 is 10.6 Å². The number of hydrogen-bond donors (Lipinski definition) is 2. The quantitative estimate of drug-likeness (QED) is 0.846. The van der Waals surface area contributed by atoms with Crippen molar-refractivity contribution < 1.29 is 9.53 Å². The van der Waals surface area contributed by atoms with E-state index in [-0.39, 0.29) is 12.1 Å². The zero-order valence-corrected chi connectivity index (χ0v) is 14.3. The van der Waals surface area contributed by atoms with Crippen LogP contribution in [0.2, 0.25) is 0 Å². The minimum atomic E-state index is -0.321. The van der Waals surface area contributed by atoms with Gasteiger partial charge in [-0.25, -0.2) is 9.78 Å². The van der Waals surface area contributed by atoms with Crippen molar-refractivity contribution in [2.24, 2.45) is 0 Å². The highest BCUT2D eigenvalue weighted by molar-refractivity contribution is 5.89. The first-order chi connectivity index (χ1) is 12.8. The van der Waals surface area contributed by atoms with E-state index in [1.807, 2.05) is 24.4 Å². The second-order valence-corrected chi connectivity index (χ2v) is 5.83. The zero-order chi connectivity index (χ0) is 18.2. The number of aromatic nitrogens is 2. The van der Waals surface area contributed by atoms with Gasteiger partial charge < -0.3 is 15.4 Å². The fourth-order valence-electron chi connectivity index (χ4n) is 2.82. The lowest BCUT2D eigenvalue weighted by atomic mass is 10.1. The van der Waals surface area contributed by atoms with Crippen LogP contribution in [0.4, 0.5) is 10.5 Å². The van der Waals surface area contributed by atoms with Crippen molar-refractivity contribution in [2.75, 3.05) is 38.2 Å². The fraction of sp³-hybridized carbons (Fsp3) is 0.333. The summed E-state index contributed by atoms with van der Waals surface area (Å²) in [6, 6.07) is 8.75. The Kier molecular flexibility index (Phi) is 6.09. The third-order valence-corrected chi connectivity index (χ3v) is 4.15. The number of ether oxygens (including phenoxy) is 1. The zero-order valence-electron chi connectivity index (χ0n) is 14.3. The maximum atomic E-state index is 12.2. The minimum absolute atomic E-state index is 0.0254. The van der Waals surface area contributed by atoms with Gasteiger partial charge in [-0.1, -0.05) is 6.07 Å². The van der Waals surface area contributed by atoms with Crippen LogP contribution in [0.5, 0.6) is 0 Å². The third-order valence-electron chi connectivity index (χ3n) is 4.15. The highest BCUT2D eigenvalue weighted by Crippen LogP contribution is 2.20. The molecule has 0 aromatic carbocycles. The standard InChI is InChI=1S/C18H20N6O2/c19-10-15-3-4-16(12-21-15)23-18(25)22-13-17(14-2-1-5-20-11-14)24-6-8-26-9-7-24/h1-5,11-12,17H,6-9,13H2,(H2,22,23,25). The number of pyridine rings is 2. The molecule has 0 bridgehead atoms. The van der Waals surface area contributed by atoms with Crippen LogP contribution in [-0.4, -0.2) is 53.7 Å². The van der Waals surface area contributed by atoms with Gasteiger partial charge in [0.15, 0.2) is 0 Å². The molecule has 3 heterocycles. The SMILES string of the molecule is N#Cc1ccc(NC(=O)NCC(c2cccnc2)N2CCOCC2)cn1. The molecule has 2 amide bonds. The van der Waals surface area contributed by atoms with Crippen LogP contribution >= 0.6 is 0 Å². The van der Waals surface area contributed by atoms with Crippen LogP contribution in [0.15, 0.2) is 42.9 Å². The van der Waals surface area contributed by atoms with E-state index in [9.17, 15) is 4.79 Å². The molecule has 1 atom stereocenters. The van der Waals surface area contributed by atoms with Crippen molar-refractivity contribution in [1.82, 2.24) is 20.2 Å². The number of nitrogens with zero attached hydrogens (tertiary/aromatic N) is 4. The van der Waals surface area contributed by atoms with Crippen molar-refractivity contribution in [3.8, 4) is 6.07 Å². The van der Waals surface area contributed by atoms with Gasteiger partial charge in [0, 0.05) is 32.0 Å². The monoisotopic (exact) mass is 352 g/mol. The molecule has 0 spiro atoms. The smallest absolute Gasteiger partial charge is 0.319 e. The lowest BCUT2D eigenvalue weighted by Gasteiger charge is -2.34. The molecule has 1 unspecified atom stereocenters. The van der Waals surface area contributed by atoms with E-state index < -0.39 is 0 Å². The van der Waals surface area contributed by atoms with E-state index in [0.717, 1.165) is 18.7 Å². The lowest BCUT2D eigenvalue weighted by Crippen LogP contribution is -2.44. The summed E-state index contributed by atoms with van der Waals surface area (Å²) in [5.41, 5.74) is 1.89. The van der Waals surface area contributed by atoms with Crippen molar-refractivity contribution in [3.63, 3.8) is 0 Å². The number of amides is 2. The van der Waals surface area contributed by atoms with Crippen molar-refractivity contribution >= 4 is 11.7 Å². The summed E-state index contributed by atoms with van der Waals surface area (Å²) in [6.07, 6.45) is 5.01. The molecule has 8 heteroatoms. The predicted molar refractivity (Wildman–Crippen MR) is 95.3 cm³/mol. The van der Waals surface area contributed by atoms with Gasteiger partial charge in [0.05, 0.1) is 31.1 Å². The number of nitriles is 1. The number of carbonyl (C=O) groups excluding carboxylic acids is 1. The molecule has 2 N–H and O–H groups in total. The highest BCUT2D eigenvalue weighted by Gasteiger charge is 2.23. The lowest BCUT2D eigenvalue weighted by molar-refractivity contribution is 0.0167. The Hall–Kier alpha value is -3.02. The first-order valence-electron chi connectivity index (χ1n) is 8.39. The van der Waals surface area contributed by atoms with E-state index in [0.29, 0.717) is 31.1 Å². The second kappa shape index (κ2) is 8.89. The Balaban J connectivity index is 1.61. The Labute approximate surface area is 151 Å². The van der Waals surface area contributed by atoms with Gasteiger partial charge in [0.1, 0.15) is 11.8 Å². The fourth-order valence-corrected chi connectivity index (χ4v) is 2.82. The normalized spacial score (nSPS) is 15.7. The van der Waals surface area contributed by atoms with Crippen LogP contribution in [0.25, 0.3) is 0 Å². The number of nitrogens with one attached hydrogen (secondary N) is 2. The number of anilines is 1. The van der Waals surface area contributed by atoms with Crippen LogP contribution in [0.1, 0.15) is 17.3 Å². The van der Waals surface area contributed by atoms with Gasteiger partial charge in [0.2, 0.25) is 0 Å². The number of morpholine rings is 1. The second-order valence-electron chi connectivity index (χ2n) is 5.83. The highest BCUT2D eigenvalue weighted by atomic mass is 16.5. The van der Waals surface area contributed by atoms with Crippen LogP contribution in [0, 0.1) is 11.3 Å². The topological polar surface area (TPSA) is 103 Å². The molecular weight excluding hydrogens is 332 g/mol. The van der Waals surface area contributed by atoms with Crippen molar-refractivity contribution in [2.45, 2.75) is 6.04 Å². The van der Waals surface area contributed by atoms with Gasteiger partial charge in [0.25, 0.3) is 0 Å². The molecule has 0 saturated carbocycles. The van der Waals surface area contributed by atoms with Crippen molar-refractivity contribution in [1.29, 1.82) is 5.26 Å². The van der Waals surface area contributed by atoms with Gasteiger partial charge in [-0.15, -0.1) is 0 Å². The van der Waals surface area contributed by atoms with Gasteiger partial charge in [-0.3, -0.25) is 9.88 Å². The van der Waals surface area contributed by atoms with Gasteiger partial charge in [-0.05, 0) is 23.8 Å². The number of urea groups is 1. The summed E-state index contributed by atoms with van der Waals surface area (Å²) in [5.74, 6) is 0. The Morgan fingerprint density at radius 1 is 1.31 bits per heavy atom. The Bertz CT molecular complexity index is 754. The molecule has 8 nitrogen and oxygen atoms in total. The summed E-state index contributed by atoms with van der Waals surface area (Å²) in [6.45, 7) is 3.42. The molecule has 2 aromatic heterocycles. The number of rotatable bonds is 5. The van der Waals surface area contributed by atoms with E-state index in [1.54, 1.807) is 18.3 Å². The minimum Gasteiger partial charge on any atom is -0.379 e. The molecule has 0 radical (unpaired) electrons.